The number of rotatable bonds is 1. The van der Waals surface area contributed by atoms with Gasteiger partial charge in [0.2, 0.25) is 5.96 Å². The number of aliphatic imine (C=N–C) groups is 1. The van der Waals surface area contributed by atoms with Gasteiger partial charge in [0.1, 0.15) is 11.2 Å². The van der Waals surface area contributed by atoms with Gasteiger partial charge < -0.3 is 9.47 Å². The summed E-state index contributed by atoms with van der Waals surface area (Å²) in [5.41, 5.74) is -1.29. The lowest BCUT2D eigenvalue weighted by molar-refractivity contribution is 0.0345. The van der Waals surface area contributed by atoms with Gasteiger partial charge >= 0.3 is 12.2 Å². The number of nitrogens with zero attached hydrogens (tertiary/aromatic N) is 2. The summed E-state index contributed by atoms with van der Waals surface area (Å²) in [5, 5.41) is 2.48. The molecule has 0 aromatic rings. The molecule has 1 N–H and O–H groups in total. The number of hydrogen-bond donors (Lipinski definition) is 1. The molecule has 0 saturated heterocycles. The molecule has 1 heterocycles. The maximum Gasteiger partial charge on any atom is 0.417 e. The van der Waals surface area contributed by atoms with Crippen LogP contribution in [0.15, 0.2) is 17.6 Å². The Morgan fingerprint density at radius 3 is 2.23 bits per heavy atom. The van der Waals surface area contributed by atoms with E-state index < -0.39 is 23.4 Å². The predicted octanol–water partition coefficient (Wildman–Crippen LogP) is 2.67. The second-order valence-electron chi connectivity index (χ2n) is 6.94. The van der Waals surface area contributed by atoms with E-state index in [1.807, 2.05) is 0 Å². The zero-order chi connectivity index (χ0) is 17.1. The van der Waals surface area contributed by atoms with Gasteiger partial charge in [-0.1, -0.05) is 6.08 Å². The number of hydrogen-bond acceptors (Lipinski definition) is 5. The summed E-state index contributed by atoms with van der Waals surface area (Å²) < 4.78 is 10.5. The van der Waals surface area contributed by atoms with Gasteiger partial charge in [-0.25, -0.2) is 19.5 Å². The second kappa shape index (κ2) is 6.37. The van der Waals surface area contributed by atoms with Crippen molar-refractivity contribution in [2.45, 2.75) is 58.8 Å². The van der Waals surface area contributed by atoms with Crippen molar-refractivity contribution >= 4 is 18.1 Å². The normalized spacial score (nSPS) is 18.5. The molecule has 0 spiro atoms. The molecule has 0 fully saturated rings. The van der Waals surface area contributed by atoms with E-state index in [1.54, 1.807) is 47.6 Å². The standard InChI is InChI=1S/C15H25N3O4/c1-8-10-9-16-11(17-12(19)21-14(2,3)4)18(10)13(20)22-15(5,6)7/h8,10H,1,9H2,2-7H3,(H,16,17,19). The summed E-state index contributed by atoms with van der Waals surface area (Å²) >= 11 is 0. The second-order valence-corrected chi connectivity index (χ2v) is 6.94. The number of nitrogens with one attached hydrogen (secondary N) is 1. The van der Waals surface area contributed by atoms with Crippen molar-refractivity contribution in [3.05, 3.63) is 12.7 Å². The first kappa shape index (κ1) is 18.0. The van der Waals surface area contributed by atoms with E-state index in [0.29, 0.717) is 6.54 Å². The zero-order valence-electron chi connectivity index (χ0n) is 14.1. The Morgan fingerprint density at radius 2 is 1.77 bits per heavy atom. The summed E-state index contributed by atoms with van der Waals surface area (Å²) in [6.45, 7) is 14.5. The zero-order valence-corrected chi connectivity index (χ0v) is 14.1. The fourth-order valence-electron chi connectivity index (χ4n) is 1.70. The Balaban J connectivity index is 2.82. The van der Waals surface area contributed by atoms with Gasteiger partial charge in [0.25, 0.3) is 0 Å². The Bertz CT molecular complexity index is 486. The number of alkyl carbamates (subject to hydrolysis) is 1. The molecule has 7 nitrogen and oxygen atoms in total. The van der Waals surface area contributed by atoms with Crippen LogP contribution in [0.25, 0.3) is 0 Å². The summed E-state index contributed by atoms with van der Waals surface area (Å²) in [5.74, 6) is 0.105. The van der Waals surface area contributed by atoms with Crippen molar-refractivity contribution in [3.63, 3.8) is 0 Å². The number of carbonyl (C=O) groups is 2. The third kappa shape index (κ3) is 5.38. The van der Waals surface area contributed by atoms with Crippen LogP contribution < -0.4 is 5.32 Å². The molecule has 0 aromatic heterocycles. The smallest absolute Gasteiger partial charge is 0.417 e. The molecule has 0 aromatic carbocycles. The van der Waals surface area contributed by atoms with E-state index in [1.165, 1.54) is 4.90 Å². The van der Waals surface area contributed by atoms with Gasteiger partial charge in [-0.05, 0) is 41.5 Å². The molecule has 1 rings (SSSR count). The molecule has 7 heteroatoms. The fraction of sp³-hybridized carbons (Fsp3) is 0.667. The first-order valence-electron chi connectivity index (χ1n) is 7.12. The van der Waals surface area contributed by atoms with Crippen molar-refractivity contribution in [1.29, 1.82) is 0 Å². The Morgan fingerprint density at radius 1 is 1.23 bits per heavy atom. The average molecular weight is 311 g/mol. The maximum atomic E-state index is 12.3. The lowest BCUT2D eigenvalue weighted by Crippen LogP contribution is -2.50. The molecule has 1 aliphatic rings. The van der Waals surface area contributed by atoms with E-state index in [0.717, 1.165) is 0 Å². The molecule has 2 amide bonds. The number of ether oxygens (including phenoxy) is 2. The third-order valence-electron chi connectivity index (χ3n) is 2.46. The number of guanidine groups is 1. The van der Waals surface area contributed by atoms with Crippen LogP contribution in [0.1, 0.15) is 41.5 Å². The maximum absolute atomic E-state index is 12.3. The highest BCUT2D eigenvalue weighted by Crippen LogP contribution is 2.17. The molecule has 0 bridgehead atoms. The van der Waals surface area contributed by atoms with E-state index in [-0.39, 0.29) is 12.0 Å². The Kier molecular flexibility index (Phi) is 5.22. The monoisotopic (exact) mass is 311 g/mol. The van der Waals surface area contributed by atoms with Crippen LogP contribution in [0.4, 0.5) is 9.59 Å². The predicted molar refractivity (Wildman–Crippen MR) is 83.7 cm³/mol. The van der Waals surface area contributed by atoms with Crippen LogP contribution in [0.3, 0.4) is 0 Å². The van der Waals surface area contributed by atoms with Crippen LogP contribution in [-0.2, 0) is 9.47 Å². The summed E-state index contributed by atoms with van der Waals surface area (Å²) in [7, 11) is 0. The minimum absolute atomic E-state index is 0.105. The lowest BCUT2D eigenvalue weighted by atomic mass is 10.2. The van der Waals surface area contributed by atoms with Crippen LogP contribution in [-0.4, -0.2) is 46.8 Å². The first-order valence-corrected chi connectivity index (χ1v) is 7.12. The van der Waals surface area contributed by atoms with Crippen molar-refractivity contribution in [2.75, 3.05) is 6.54 Å². The topological polar surface area (TPSA) is 80.2 Å². The average Bonchev–Trinajstić information content (AvgIpc) is 2.66. The fourth-order valence-corrected chi connectivity index (χ4v) is 1.70. The molecule has 1 atom stereocenters. The summed E-state index contributed by atoms with van der Waals surface area (Å²) in [4.78, 5) is 29.5. The van der Waals surface area contributed by atoms with Gasteiger partial charge in [0.15, 0.2) is 0 Å². The van der Waals surface area contributed by atoms with Crippen LogP contribution >= 0.6 is 0 Å². The minimum Gasteiger partial charge on any atom is -0.444 e. The Hall–Kier alpha value is -2.05. The van der Waals surface area contributed by atoms with Crippen molar-refractivity contribution in [1.82, 2.24) is 10.2 Å². The quantitative estimate of drug-likeness (QED) is 0.755. The van der Waals surface area contributed by atoms with Crippen molar-refractivity contribution in [3.8, 4) is 0 Å². The van der Waals surface area contributed by atoms with E-state index in [4.69, 9.17) is 9.47 Å². The Labute approximate surface area is 131 Å². The van der Waals surface area contributed by atoms with Gasteiger partial charge in [-0.2, -0.15) is 0 Å². The van der Waals surface area contributed by atoms with Crippen LogP contribution in [0.2, 0.25) is 0 Å². The lowest BCUT2D eigenvalue weighted by Gasteiger charge is -2.28. The van der Waals surface area contributed by atoms with Gasteiger partial charge in [0.05, 0.1) is 12.6 Å². The highest BCUT2D eigenvalue weighted by atomic mass is 16.6. The van der Waals surface area contributed by atoms with E-state index in [2.05, 4.69) is 16.9 Å². The highest BCUT2D eigenvalue weighted by Gasteiger charge is 2.36. The molecule has 1 unspecified atom stereocenters. The molecular formula is C15H25N3O4. The van der Waals surface area contributed by atoms with Crippen molar-refractivity contribution < 1.29 is 19.1 Å². The van der Waals surface area contributed by atoms with Crippen molar-refractivity contribution in [2.24, 2.45) is 4.99 Å². The molecule has 0 radical (unpaired) electrons. The highest BCUT2D eigenvalue weighted by molar-refractivity contribution is 6.03. The van der Waals surface area contributed by atoms with Crippen LogP contribution in [0, 0.1) is 0 Å². The largest absolute Gasteiger partial charge is 0.444 e. The summed E-state index contributed by atoms with van der Waals surface area (Å²) in [6, 6.07) is -0.361. The first-order chi connectivity index (χ1) is 9.93. The van der Waals surface area contributed by atoms with Gasteiger partial charge in [0, 0.05) is 0 Å². The van der Waals surface area contributed by atoms with Gasteiger partial charge in [-0.3, -0.25) is 5.32 Å². The SMILES string of the molecule is C=CC1CN=C(NC(=O)OC(C)(C)C)N1C(=O)OC(C)(C)C. The van der Waals surface area contributed by atoms with E-state index in [9.17, 15) is 9.59 Å². The van der Waals surface area contributed by atoms with E-state index >= 15 is 0 Å². The molecule has 124 valence electrons. The number of amides is 2. The summed E-state index contributed by atoms with van der Waals surface area (Å²) in [6.07, 6.45) is 0.311. The number of carbonyl (C=O) groups excluding carboxylic acids is 2. The molecule has 22 heavy (non-hydrogen) atoms. The molecule has 0 saturated carbocycles. The molecular weight excluding hydrogens is 286 g/mol. The molecule has 1 aliphatic heterocycles. The van der Waals surface area contributed by atoms with Gasteiger partial charge in [-0.15, -0.1) is 6.58 Å². The third-order valence-corrected chi connectivity index (χ3v) is 2.46. The van der Waals surface area contributed by atoms with Crippen LogP contribution in [0.5, 0.6) is 0 Å². The molecule has 0 aliphatic carbocycles. The minimum atomic E-state index is -0.676.